The van der Waals surface area contributed by atoms with Gasteiger partial charge in [0.1, 0.15) is 0 Å². The molecule has 2 N–H and O–H groups in total. The van der Waals surface area contributed by atoms with Crippen LogP contribution in [0.5, 0.6) is 0 Å². The summed E-state index contributed by atoms with van der Waals surface area (Å²) in [5.74, 6) is -0.409. The number of benzene rings is 1. The van der Waals surface area contributed by atoms with E-state index in [2.05, 4.69) is 31.0 Å². The van der Waals surface area contributed by atoms with Gasteiger partial charge in [0.15, 0.2) is 0 Å². The first-order chi connectivity index (χ1) is 8.08. The summed E-state index contributed by atoms with van der Waals surface area (Å²) in [6.07, 6.45) is 5.43. The maximum atomic E-state index is 10.7. The van der Waals surface area contributed by atoms with Crippen LogP contribution in [-0.2, 0) is 11.2 Å². The molecule has 0 spiro atoms. The van der Waals surface area contributed by atoms with Gasteiger partial charge in [-0.3, -0.25) is 4.79 Å². The minimum atomic E-state index is -0.409. The molecule has 1 atom stereocenters. The maximum absolute atomic E-state index is 10.7. The third-order valence-electron chi connectivity index (χ3n) is 3.42. The Kier molecular flexibility index (Phi) is 3.18. The van der Waals surface area contributed by atoms with E-state index in [9.17, 15) is 4.79 Å². The van der Waals surface area contributed by atoms with Crippen LogP contribution in [0.1, 0.15) is 24.5 Å². The van der Waals surface area contributed by atoms with E-state index in [-0.39, 0.29) is 0 Å². The topological polar surface area (TPSA) is 46.3 Å². The molecular weight excluding hydrogens is 212 g/mol. The smallest absolute Gasteiger partial charge is 0.241 e. The van der Waals surface area contributed by atoms with Gasteiger partial charge in [0.2, 0.25) is 5.91 Å². The fraction of sp³-hybridized carbons (Fsp3) is 0.357. The standard InChI is InChI=1S/C14H18N2O/c1-10-3-6-12-9-11(5-8-14(15)17)4-7-13(12)16(10)2/h4-5,7-10H,3,6H2,1-2H3,(H2,15,17)/b8-5+. The van der Waals surface area contributed by atoms with E-state index < -0.39 is 5.91 Å². The summed E-state index contributed by atoms with van der Waals surface area (Å²) in [6, 6.07) is 6.87. The number of anilines is 1. The van der Waals surface area contributed by atoms with Crippen molar-refractivity contribution in [2.75, 3.05) is 11.9 Å². The van der Waals surface area contributed by atoms with Crippen molar-refractivity contribution in [3.63, 3.8) is 0 Å². The molecule has 0 saturated heterocycles. The first kappa shape index (κ1) is 11.7. The van der Waals surface area contributed by atoms with Gasteiger partial charge in [-0.15, -0.1) is 0 Å². The SMILES string of the molecule is CC1CCc2cc(/C=C/C(N)=O)ccc2N1C. The molecule has 1 aromatic carbocycles. The fourth-order valence-electron chi connectivity index (χ4n) is 2.23. The molecule has 0 fully saturated rings. The van der Waals surface area contributed by atoms with E-state index in [1.165, 1.54) is 23.7 Å². The number of carbonyl (C=O) groups is 1. The van der Waals surface area contributed by atoms with E-state index in [0.717, 1.165) is 12.0 Å². The Morgan fingerprint density at radius 3 is 3.00 bits per heavy atom. The van der Waals surface area contributed by atoms with Gasteiger partial charge in [0.25, 0.3) is 0 Å². The van der Waals surface area contributed by atoms with Crippen molar-refractivity contribution in [2.45, 2.75) is 25.8 Å². The minimum absolute atomic E-state index is 0.409. The third kappa shape index (κ3) is 2.49. The highest BCUT2D eigenvalue weighted by atomic mass is 16.1. The van der Waals surface area contributed by atoms with Crippen LogP contribution in [0.3, 0.4) is 0 Å². The number of nitrogens with zero attached hydrogens (tertiary/aromatic N) is 1. The van der Waals surface area contributed by atoms with Gasteiger partial charge in [-0.2, -0.15) is 0 Å². The Labute approximate surface area is 102 Å². The van der Waals surface area contributed by atoms with Crippen molar-refractivity contribution in [1.82, 2.24) is 0 Å². The number of aryl methyl sites for hydroxylation is 1. The molecule has 0 aromatic heterocycles. The number of carbonyl (C=O) groups excluding carboxylic acids is 1. The monoisotopic (exact) mass is 230 g/mol. The lowest BCUT2D eigenvalue weighted by atomic mass is 9.95. The lowest BCUT2D eigenvalue weighted by Crippen LogP contribution is -2.33. The Balaban J connectivity index is 2.29. The number of hydrogen-bond acceptors (Lipinski definition) is 2. The van der Waals surface area contributed by atoms with Crippen LogP contribution in [0.2, 0.25) is 0 Å². The minimum Gasteiger partial charge on any atom is -0.372 e. The van der Waals surface area contributed by atoms with Crippen LogP contribution in [0.15, 0.2) is 24.3 Å². The van der Waals surface area contributed by atoms with E-state index in [0.29, 0.717) is 6.04 Å². The van der Waals surface area contributed by atoms with Crippen LogP contribution < -0.4 is 10.6 Å². The first-order valence-electron chi connectivity index (χ1n) is 5.91. The second-order valence-corrected chi connectivity index (χ2v) is 4.62. The molecule has 3 heteroatoms. The number of primary amides is 1. The maximum Gasteiger partial charge on any atom is 0.241 e. The predicted octanol–water partition coefficient (Wildman–Crippen LogP) is 1.96. The lowest BCUT2D eigenvalue weighted by molar-refractivity contribution is -0.113. The highest BCUT2D eigenvalue weighted by molar-refractivity contribution is 5.90. The van der Waals surface area contributed by atoms with Crippen LogP contribution >= 0.6 is 0 Å². The molecule has 1 unspecified atom stereocenters. The Hall–Kier alpha value is -1.77. The molecule has 1 aliphatic rings. The van der Waals surface area contributed by atoms with Gasteiger partial charge in [-0.1, -0.05) is 6.07 Å². The average Bonchev–Trinajstić information content (AvgIpc) is 2.31. The molecule has 1 aliphatic heterocycles. The summed E-state index contributed by atoms with van der Waals surface area (Å²) in [6.45, 7) is 2.24. The molecule has 0 aliphatic carbocycles. The molecule has 1 heterocycles. The molecule has 17 heavy (non-hydrogen) atoms. The molecule has 0 saturated carbocycles. The largest absolute Gasteiger partial charge is 0.372 e. The quantitative estimate of drug-likeness (QED) is 0.789. The third-order valence-corrected chi connectivity index (χ3v) is 3.42. The van der Waals surface area contributed by atoms with Gasteiger partial charge in [0.05, 0.1) is 0 Å². The zero-order valence-electron chi connectivity index (χ0n) is 10.3. The molecule has 1 amide bonds. The molecular formula is C14H18N2O. The van der Waals surface area contributed by atoms with Crippen molar-refractivity contribution in [1.29, 1.82) is 0 Å². The van der Waals surface area contributed by atoms with Crippen molar-refractivity contribution < 1.29 is 4.79 Å². The average molecular weight is 230 g/mol. The molecule has 3 nitrogen and oxygen atoms in total. The fourth-order valence-corrected chi connectivity index (χ4v) is 2.23. The van der Waals surface area contributed by atoms with Gasteiger partial charge in [-0.25, -0.2) is 0 Å². The van der Waals surface area contributed by atoms with Crippen LogP contribution in [0, 0.1) is 0 Å². The van der Waals surface area contributed by atoms with Crippen LogP contribution in [-0.4, -0.2) is 19.0 Å². The first-order valence-corrected chi connectivity index (χ1v) is 5.91. The summed E-state index contributed by atoms with van der Waals surface area (Å²) < 4.78 is 0. The Bertz CT molecular complexity index is 465. The summed E-state index contributed by atoms with van der Waals surface area (Å²) in [5, 5.41) is 0. The molecule has 90 valence electrons. The second-order valence-electron chi connectivity index (χ2n) is 4.62. The van der Waals surface area contributed by atoms with Crippen molar-refractivity contribution in [3.8, 4) is 0 Å². The lowest BCUT2D eigenvalue weighted by Gasteiger charge is -2.34. The number of nitrogens with two attached hydrogens (primary N) is 1. The van der Waals surface area contributed by atoms with Crippen molar-refractivity contribution in [2.24, 2.45) is 5.73 Å². The van der Waals surface area contributed by atoms with E-state index in [4.69, 9.17) is 5.73 Å². The van der Waals surface area contributed by atoms with Crippen LogP contribution in [0.25, 0.3) is 6.08 Å². The highest BCUT2D eigenvalue weighted by Crippen LogP contribution is 2.30. The Morgan fingerprint density at radius 2 is 2.29 bits per heavy atom. The van der Waals surface area contributed by atoms with E-state index >= 15 is 0 Å². The van der Waals surface area contributed by atoms with Crippen molar-refractivity contribution in [3.05, 3.63) is 35.4 Å². The number of amides is 1. The van der Waals surface area contributed by atoms with Gasteiger partial charge in [0, 0.05) is 24.9 Å². The van der Waals surface area contributed by atoms with Gasteiger partial charge < -0.3 is 10.6 Å². The van der Waals surface area contributed by atoms with E-state index in [1.54, 1.807) is 6.08 Å². The summed E-state index contributed by atoms with van der Waals surface area (Å²) in [7, 11) is 2.13. The number of hydrogen-bond donors (Lipinski definition) is 1. The van der Waals surface area contributed by atoms with E-state index in [1.807, 2.05) is 6.07 Å². The van der Waals surface area contributed by atoms with Crippen molar-refractivity contribution >= 4 is 17.7 Å². The highest BCUT2D eigenvalue weighted by Gasteiger charge is 2.19. The van der Waals surface area contributed by atoms with Gasteiger partial charge >= 0.3 is 0 Å². The molecule has 0 radical (unpaired) electrons. The summed E-state index contributed by atoms with van der Waals surface area (Å²) in [5.41, 5.74) is 8.75. The predicted molar refractivity (Wildman–Crippen MR) is 70.9 cm³/mol. The van der Waals surface area contributed by atoms with Gasteiger partial charge in [-0.05, 0) is 49.1 Å². The molecule has 2 rings (SSSR count). The zero-order chi connectivity index (χ0) is 12.4. The normalized spacial score (nSPS) is 19.4. The Morgan fingerprint density at radius 1 is 1.53 bits per heavy atom. The molecule has 1 aromatic rings. The zero-order valence-corrected chi connectivity index (χ0v) is 10.3. The van der Waals surface area contributed by atoms with Crippen LogP contribution in [0.4, 0.5) is 5.69 Å². The number of fused-ring (bicyclic) bond motifs is 1. The number of rotatable bonds is 2. The summed E-state index contributed by atoms with van der Waals surface area (Å²) >= 11 is 0. The second kappa shape index (κ2) is 4.62. The summed E-state index contributed by atoms with van der Waals surface area (Å²) in [4.78, 5) is 13.0. The molecule has 0 bridgehead atoms.